The lowest BCUT2D eigenvalue weighted by Gasteiger charge is -2.10. The van der Waals surface area contributed by atoms with Crippen molar-refractivity contribution in [2.24, 2.45) is 0 Å². The third-order valence-corrected chi connectivity index (χ3v) is 5.54. The fourth-order valence-corrected chi connectivity index (χ4v) is 4.04. The zero-order chi connectivity index (χ0) is 21.1. The number of carbonyl (C=O) groups excluding carboxylic acids is 2. The van der Waals surface area contributed by atoms with Gasteiger partial charge in [-0.2, -0.15) is 4.68 Å². The molecule has 0 atom stereocenters. The number of hydrogen-bond acceptors (Lipinski definition) is 7. The summed E-state index contributed by atoms with van der Waals surface area (Å²) in [6.07, 6.45) is 0. The molecule has 0 amide bonds. The zero-order valence-electron chi connectivity index (χ0n) is 17.1. The highest BCUT2D eigenvalue weighted by atomic mass is 32.2. The van der Waals surface area contributed by atoms with Crippen molar-refractivity contribution in [2.45, 2.75) is 39.8 Å². The van der Waals surface area contributed by atoms with Gasteiger partial charge >= 0.3 is 5.97 Å². The first-order chi connectivity index (χ1) is 13.8. The highest BCUT2D eigenvalue weighted by Crippen LogP contribution is 2.25. The second-order valence-corrected chi connectivity index (χ2v) is 7.61. The Kier molecular flexibility index (Phi) is 6.17. The number of esters is 1. The van der Waals surface area contributed by atoms with Crippen molar-refractivity contribution in [3.63, 3.8) is 0 Å². The average molecular weight is 414 g/mol. The van der Waals surface area contributed by atoms with E-state index in [9.17, 15) is 9.59 Å². The van der Waals surface area contributed by atoms with Crippen molar-refractivity contribution in [3.8, 4) is 5.69 Å². The lowest BCUT2D eigenvalue weighted by molar-refractivity contribution is 0.0525. The van der Waals surface area contributed by atoms with E-state index in [2.05, 4.69) is 20.5 Å². The molecule has 0 saturated carbocycles. The summed E-state index contributed by atoms with van der Waals surface area (Å²) in [5.74, 6) is -0.430. The normalized spacial score (nSPS) is 10.9. The largest absolute Gasteiger partial charge is 0.462 e. The molecular formula is C20H23N5O3S. The van der Waals surface area contributed by atoms with Gasteiger partial charge in [0.05, 0.1) is 29.3 Å². The minimum Gasteiger partial charge on any atom is -0.462 e. The summed E-state index contributed by atoms with van der Waals surface area (Å²) in [4.78, 5) is 28.0. The zero-order valence-corrected chi connectivity index (χ0v) is 17.9. The number of rotatable bonds is 7. The Labute approximate surface area is 173 Å². The maximum Gasteiger partial charge on any atom is 0.340 e. The number of aromatic nitrogens is 5. The summed E-state index contributed by atoms with van der Waals surface area (Å²) in [7, 11) is 0. The van der Waals surface area contributed by atoms with Crippen molar-refractivity contribution >= 4 is 23.5 Å². The van der Waals surface area contributed by atoms with Crippen molar-refractivity contribution in [1.29, 1.82) is 0 Å². The van der Waals surface area contributed by atoms with Crippen LogP contribution in [0, 0.1) is 27.7 Å². The number of thioether (sulfide) groups is 1. The van der Waals surface area contributed by atoms with Crippen LogP contribution >= 0.6 is 11.8 Å². The first-order valence-electron chi connectivity index (χ1n) is 9.22. The number of benzene rings is 1. The van der Waals surface area contributed by atoms with Crippen molar-refractivity contribution in [2.75, 3.05) is 12.4 Å². The number of nitrogens with one attached hydrogen (secondary N) is 1. The second-order valence-electron chi connectivity index (χ2n) is 6.67. The van der Waals surface area contributed by atoms with Gasteiger partial charge in [-0.05, 0) is 61.7 Å². The first kappa shape index (κ1) is 20.8. The van der Waals surface area contributed by atoms with Gasteiger partial charge in [0.1, 0.15) is 0 Å². The molecule has 9 heteroatoms. The molecule has 0 unspecified atom stereocenters. The molecule has 0 saturated heterocycles. The summed E-state index contributed by atoms with van der Waals surface area (Å²) in [5, 5.41) is 12.5. The van der Waals surface area contributed by atoms with Crippen LogP contribution in [0.15, 0.2) is 23.4 Å². The van der Waals surface area contributed by atoms with E-state index in [1.54, 1.807) is 25.5 Å². The fraction of sp³-hybridized carbons (Fsp3) is 0.350. The second kappa shape index (κ2) is 8.60. The Morgan fingerprint density at radius 3 is 2.52 bits per heavy atom. The molecular weight excluding hydrogens is 390 g/mol. The molecule has 0 aliphatic rings. The van der Waals surface area contributed by atoms with E-state index in [1.165, 1.54) is 11.8 Å². The number of tetrazole rings is 1. The van der Waals surface area contributed by atoms with E-state index >= 15 is 0 Å². The van der Waals surface area contributed by atoms with Gasteiger partial charge in [-0.3, -0.25) is 4.79 Å². The Hall–Kier alpha value is -2.94. The number of ketones is 1. The summed E-state index contributed by atoms with van der Waals surface area (Å²) in [6, 6.07) is 5.96. The van der Waals surface area contributed by atoms with Gasteiger partial charge in [0.2, 0.25) is 5.16 Å². The van der Waals surface area contributed by atoms with E-state index in [0.29, 0.717) is 27.7 Å². The smallest absolute Gasteiger partial charge is 0.340 e. The number of carbonyl (C=O) groups is 2. The topological polar surface area (TPSA) is 103 Å². The SMILES string of the molecule is CCOC(=O)c1c(C)[nH]c(C(=O)CSc2nnnn2-c2c(C)cccc2C)c1C. The molecule has 0 aliphatic carbocycles. The quantitative estimate of drug-likeness (QED) is 0.360. The van der Waals surface area contributed by atoms with Crippen LogP contribution in [-0.4, -0.2) is 49.3 Å². The molecule has 0 spiro atoms. The number of Topliss-reactive ketones (excluding diaryl/α,β-unsaturated/α-hetero) is 1. The third-order valence-electron chi connectivity index (χ3n) is 4.62. The van der Waals surface area contributed by atoms with Gasteiger partial charge < -0.3 is 9.72 Å². The molecule has 3 rings (SSSR count). The van der Waals surface area contributed by atoms with E-state index in [-0.39, 0.29) is 18.1 Å². The number of H-pyrrole nitrogens is 1. The van der Waals surface area contributed by atoms with Crippen LogP contribution in [0.25, 0.3) is 5.69 Å². The lowest BCUT2D eigenvalue weighted by Crippen LogP contribution is -2.09. The minimum absolute atomic E-state index is 0.133. The maximum atomic E-state index is 12.8. The van der Waals surface area contributed by atoms with Crippen molar-refractivity contribution < 1.29 is 14.3 Å². The molecule has 0 radical (unpaired) electrons. The molecule has 1 N–H and O–H groups in total. The van der Waals surface area contributed by atoms with Crippen LogP contribution in [0.1, 0.15) is 50.2 Å². The van der Waals surface area contributed by atoms with Crippen molar-refractivity contribution in [3.05, 3.63) is 51.8 Å². The Morgan fingerprint density at radius 2 is 1.86 bits per heavy atom. The Morgan fingerprint density at radius 1 is 1.17 bits per heavy atom. The number of nitrogens with zero attached hydrogens (tertiary/aromatic N) is 4. The molecule has 29 heavy (non-hydrogen) atoms. The number of hydrogen-bond donors (Lipinski definition) is 1. The molecule has 152 valence electrons. The van der Waals surface area contributed by atoms with E-state index in [1.807, 2.05) is 32.0 Å². The van der Waals surface area contributed by atoms with Crippen LogP contribution < -0.4 is 0 Å². The molecule has 2 aromatic heterocycles. The molecule has 0 aliphatic heterocycles. The Bertz CT molecular complexity index is 1050. The van der Waals surface area contributed by atoms with E-state index in [0.717, 1.165) is 16.8 Å². The van der Waals surface area contributed by atoms with Gasteiger partial charge in [-0.15, -0.1) is 5.10 Å². The first-order valence-corrected chi connectivity index (χ1v) is 10.2. The third kappa shape index (κ3) is 4.09. The van der Waals surface area contributed by atoms with Gasteiger partial charge in [0, 0.05) is 5.69 Å². The number of ether oxygens (including phenoxy) is 1. The molecule has 0 fully saturated rings. The van der Waals surface area contributed by atoms with Crippen LogP contribution in [0.3, 0.4) is 0 Å². The number of aryl methyl sites for hydroxylation is 3. The van der Waals surface area contributed by atoms with Crippen LogP contribution in [0.5, 0.6) is 0 Å². The average Bonchev–Trinajstić information content (AvgIpc) is 3.24. The predicted molar refractivity (Wildman–Crippen MR) is 110 cm³/mol. The van der Waals surface area contributed by atoms with Gasteiger partial charge in [-0.25, -0.2) is 4.79 Å². The van der Waals surface area contributed by atoms with Crippen molar-refractivity contribution in [1.82, 2.24) is 25.2 Å². The highest BCUT2D eigenvalue weighted by Gasteiger charge is 2.23. The standard InChI is InChI=1S/C20H23N5O3S/c1-6-28-19(27)16-13(4)17(21-14(16)5)15(26)10-29-20-22-23-24-25(20)18-11(2)8-7-9-12(18)3/h7-9,21H,6,10H2,1-5H3. The summed E-state index contributed by atoms with van der Waals surface area (Å²) in [6.45, 7) is 9.51. The fourth-order valence-electron chi connectivity index (χ4n) is 3.29. The maximum absolute atomic E-state index is 12.8. The summed E-state index contributed by atoms with van der Waals surface area (Å²) in [5.41, 5.74) is 5.03. The number of aromatic amines is 1. The molecule has 3 aromatic rings. The predicted octanol–water partition coefficient (Wildman–Crippen LogP) is 3.38. The van der Waals surface area contributed by atoms with E-state index < -0.39 is 5.97 Å². The minimum atomic E-state index is -0.426. The van der Waals surface area contributed by atoms with Crippen LogP contribution in [0.4, 0.5) is 0 Å². The monoisotopic (exact) mass is 413 g/mol. The molecule has 0 bridgehead atoms. The van der Waals surface area contributed by atoms with E-state index in [4.69, 9.17) is 4.74 Å². The molecule has 2 heterocycles. The van der Waals surface area contributed by atoms with Crippen LogP contribution in [0.2, 0.25) is 0 Å². The lowest BCUT2D eigenvalue weighted by atomic mass is 10.1. The highest BCUT2D eigenvalue weighted by molar-refractivity contribution is 7.99. The van der Waals surface area contributed by atoms with Crippen LogP contribution in [-0.2, 0) is 4.74 Å². The number of para-hydroxylation sites is 1. The molecule has 8 nitrogen and oxygen atoms in total. The summed E-state index contributed by atoms with van der Waals surface area (Å²) >= 11 is 1.25. The molecule has 1 aromatic carbocycles. The Balaban J connectivity index is 1.81. The van der Waals surface area contributed by atoms with Gasteiger partial charge in [0.25, 0.3) is 0 Å². The summed E-state index contributed by atoms with van der Waals surface area (Å²) < 4.78 is 6.74. The van der Waals surface area contributed by atoms with Gasteiger partial charge in [0.15, 0.2) is 5.78 Å². The van der Waals surface area contributed by atoms with Gasteiger partial charge in [-0.1, -0.05) is 30.0 Å².